The van der Waals surface area contributed by atoms with Gasteiger partial charge in [-0.2, -0.15) is 13.2 Å². The molecule has 0 saturated heterocycles. The molecule has 5 nitrogen and oxygen atoms in total. The first-order valence-corrected chi connectivity index (χ1v) is 7.37. The quantitative estimate of drug-likeness (QED) is 0.886. The summed E-state index contributed by atoms with van der Waals surface area (Å²) in [4.78, 5) is 20.0. The Morgan fingerprint density at radius 3 is 2.46 bits per heavy atom. The number of halogens is 3. The van der Waals surface area contributed by atoms with E-state index in [1.54, 1.807) is 33.8 Å². The maximum absolute atomic E-state index is 13.2. The highest BCUT2D eigenvalue weighted by molar-refractivity contribution is 5.80. The molecule has 24 heavy (non-hydrogen) atoms. The fourth-order valence-corrected chi connectivity index (χ4v) is 2.23. The number of nitrogens with zero attached hydrogens (tertiary/aromatic N) is 2. The summed E-state index contributed by atoms with van der Waals surface area (Å²) in [5.74, 6) is 0.259. The number of rotatable bonds is 2. The third kappa shape index (κ3) is 4.18. The lowest BCUT2D eigenvalue weighted by atomic mass is 10.1. The summed E-state index contributed by atoms with van der Waals surface area (Å²) in [6.45, 7) is 6.80. The Kier molecular flexibility index (Phi) is 4.52. The number of alkyl halides is 3. The molecule has 2 rings (SSSR count). The van der Waals surface area contributed by atoms with E-state index in [1.807, 2.05) is 0 Å². The van der Waals surface area contributed by atoms with Crippen LogP contribution in [-0.2, 0) is 17.5 Å². The zero-order chi connectivity index (χ0) is 18.3. The fourth-order valence-electron chi connectivity index (χ4n) is 2.23. The normalized spacial score (nSPS) is 12.5. The largest absolute Gasteiger partial charge is 0.444 e. The summed E-state index contributed by atoms with van der Waals surface area (Å²) >= 11 is 0. The Labute approximate surface area is 137 Å². The van der Waals surface area contributed by atoms with E-state index in [1.165, 1.54) is 11.9 Å². The van der Waals surface area contributed by atoms with Crippen LogP contribution < -0.4 is 0 Å². The van der Waals surface area contributed by atoms with Crippen molar-refractivity contribution in [1.82, 2.24) is 14.9 Å². The van der Waals surface area contributed by atoms with Gasteiger partial charge in [-0.25, -0.2) is 9.78 Å². The number of hydrogen-bond donors (Lipinski definition) is 1. The van der Waals surface area contributed by atoms with E-state index in [4.69, 9.17) is 4.74 Å². The number of benzene rings is 1. The Bertz CT molecular complexity index is 760. The maximum atomic E-state index is 13.2. The van der Waals surface area contributed by atoms with Crippen molar-refractivity contribution < 1.29 is 22.7 Å². The number of amides is 1. The molecule has 0 fully saturated rings. The maximum Gasteiger partial charge on any atom is 0.418 e. The van der Waals surface area contributed by atoms with E-state index in [0.29, 0.717) is 5.56 Å². The van der Waals surface area contributed by atoms with Crippen molar-refractivity contribution in [2.45, 2.75) is 46.0 Å². The van der Waals surface area contributed by atoms with Crippen LogP contribution in [-0.4, -0.2) is 33.6 Å². The molecule has 132 valence electrons. The smallest absolute Gasteiger partial charge is 0.418 e. The van der Waals surface area contributed by atoms with Crippen molar-refractivity contribution in [2.24, 2.45) is 0 Å². The van der Waals surface area contributed by atoms with E-state index >= 15 is 0 Å². The van der Waals surface area contributed by atoms with E-state index in [-0.39, 0.29) is 23.4 Å². The van der Waals surface area contributed by atoms with Crippen molar-refractivity contribution >= 4 is 17.1 Å². The van der Waals surface area contributed by atoms with Gasteiger partial charge in [-0.1, -0.05) is 0 Å². The lowest BCUT2D eigenvalue weighted by molar-refractivity contribution is -0.136. The van der Waals surface area contributed by atoms with Crippen molar-refractivity contribution in [3.05, 3.63) is 29.1 Å². The average molecular weight is 343 g/mol. The highest BCUT2D eigenvalue weighted by Gasteiger charge is 2.34. The van der Waals surface area contributed by atoms with E-state index in [2.05, 4.69) is 9.97 Å². The summed E-state index contributed by atoms with van der Waals surface area (Å²) in [7, 11) is 1.50. The molecule has 0 bridgehead atoms. The van der Waals surface area contributed by atoms with E-state index < -0.39 is 23.4 Å². The molecule has 0 unspecified atom stereocenters. The van der Waals surface area contributed by atoms with Gasteiger partial charge in [0.05, 0.1) is 23.1 Å². The predicted octanol–water partition coefficient (Wildman–Crippen LogP) is 4.26. The van der Waals surface area contributed by atoms with E-state index in [9.17, 15) is 18.0 Å². The summed E-state index contributed by atoms with van der Waals surface area (Å²) in [5.41, 5.74) is -0.820. The van der Waals surface area contributed by atoms with Crippen LogP contribution in [0.5, 0.6) is 0 Å². The molecule has 0 aliphatic carbocycles. The monoisotopic (exact) mass is 343 g/mol. The van der Waals surface area contributed by atoms with Crippen molar-refractivity contribution in [1.29, 1.82) is 0 Å². The molecule has 0 radical (unpaired) electrons. The zero-order valence-electron chi connectivity index (χ0n) is 14.2. The van der Waals surface area contributed by atoms with Crippen LogP contribution >= 0.6 is 0 Å². The predicted molar refractivity (Wildman–Crippen MR) is 83.5 cm³/mol. The number of aryl methyl sites for hydroxylation is 1. The molecule has 0 aliphatic rings. The van der Waals surface area contributed by atoms with Crippen LogP contribution in [0.4, 0.5) is 18.0 Å². The van der Waals surface area contributed by atoms with Crippen molar-refractivity contribution in [2.75, 3.05) is 7.05 Å². The first kappa shape index (κ1) is 18.1. The summed E-state index contributed by atoms with van der Waals surface area (Å²) in [5, 5.41) is 0. The van der Waals surface area contributed by atoms with E-state index in [0.717, 1.165) is 6.07 Å². The number of carbonyl (C=O) groups is 1. The summed E-state index contributed by atoms with van der Waals surface area (Å²) < 4.78 is 44.7. The molecule has 1 aromatic heterocycles. The number of H-pyrrole nitrogens is 1. The molecule has 1 N–H and O–H groups in total. The average Bonchev–Trinajstić information content (AvgIpc) is 2.76. The zero-order valence-corrected chi connectivity index (χ0v) is 14.2. The second kappa shape index (κ2) is 5.99. The first-order chi connectivity index (χ1) is 10.9. The van der Waals surface area contributed by atoms with Crippen molar-refractivity contribution in [3.8, 4) is 0 Å². The minimum atomic E-state index is -4.48. The highest BCUT2D eigenvalue weighted by atomic mass is 19.4. The molecular formula is C16H20F3N3O2. The van der Waals surface area contributed by atoms with Gasteiger partial charge in [0.1, 0.15) is 11.4 Å². The molecule has 1 amide bonds. The Balaban J connectivity index is 2.30. The summed E-state index contributed by atoms with van der Waals surface area (Å²) in [6, 6.07) is 2.64. The molecule has 1 aromatic carbocycles. The molecule has 0 aliphatic heterocycles. The van der Waals surface area contributed by atoms with Gasteiger partial charge < -0.3 is 14.6 Å². The van der Waals surface area contributed by atoms with Gasteiger partial charge in [0.25, 0.3) is 0 Å². The Morgan fingerprint density at radius 1 is 1.29 bits per heavy atom. The Hall–Kier alpha value is -2.25. The van der Waals surface area contributed by atoms with Crippen LogP contribution in [0.25, 0.3) is 11.0 Å². The second-order valence-electron chi connectivity index (χ2n) is 6.72. The van der Waals surface area contributed by atoms with Gasteiger partial charge >= 0.3 is 12.3 Å². The SMILES string of the molecule is Cc1cc(C(F)(F)F)c2[nH]c(CN(C)C(=O)OC(C)(C)C)nc2c1. The van der Waals surface area contributed by atoms with Gasteiger partial charge in [0.2, 0.25) is 0 Å². The molecular weight excluding hydrogens is 323 g/mol. The molecule has 0 spiro atoms. The first-order valence-electron chi connectivity index (χ1n) is 7.37. The minimum Gasteiger partial charge on any atom is -0.444 e. The molecule has 8 heteroatoms. The number of fused-ring (bicyclic) bond motifs is 1. The van der Waals surface area contributed by atoms with Crippen LogP contribution in [0, 0.1) is 6.92 Å². The number of ether oxygens (including phenoxy) is 1. The Morgan fingerprint density at radius 2 is 1.92 bits per heavy atom. The standard InChI is InChI=1S/C16H20F3N3O2/c1-9-6-10(16(17,18)19)13-11(7-9)20-12(21-13)8-22(5)14(23)24-15(2,3)4/h6-7H,8H2,1-5H3,(H,20,21). The molecule has 0 saturated carbocycles. The minimum absolute atomic E-state index is 0.0138. The molecule has 0 atom stereocenters. The number of nitrogens with one attached hydrogen (secondary N) is 1. The van der Waals surface area contributed by atoms with Gasteiger partial charge in [-0.3, -0.25) is 0 Å². The van der Waals surface area contributed by atoms with Crippen LogP contribution in [0.2, 0.25) is 0 Å². The third-order valence-electron chi connectivity index (χ3n) is 3.18. The van der Waals surface area contributed by atoms with Crippen LogP contribution in [0.1, 0.15) is 37.7 Å². The number of hydrogen-bond acceptors (Lipinski definition) is 3. The van der Waals surface area contributed by atoms with Crippen LogP contribution in [0.3, 0.4) is 0 Å². The fraction of sp³-hybridized carbons (Fsp3) is 0.500. The molecule has 2 aromatic rings. The topological polar surface area (TPSA) is 58.2 Å². The second-order valence-corrected chi connectivity index (χ2v) is 6.72. The van der Waals surface area contributed by atoms with Gasteiger partial charge in [0.15, 0.2) is 0 Å². The summed E-state index contributed by atoms with van der Waals surface area (Å²) in [6.07, 6.45) is -5.05. The third-order valence-corrected chi connectivity index (χ3v) is 3.18. The number of aromatic nitrogens is 2. The molecule has 1 heterocycles. The number of imidazole rings is 1. The van der Waals surface area contributed by atoms with Crippen molar-refractivity contribution in [3.63, 3.8) is 0 Å². The van der Waals surface area contributed by atoms with Gasteiger partial charge in [-0.15, -0.1) is 0 Å². The van der Waals surface area contributed by atoms with Gasteiger partial charge in [0, 0.05) is 7.05 Å². The van der Waals surface area contributed by atoms with Gasteiger partial charge in [-0.05, 0) is 45.4 Å². The number of carbonyl (C=O) groups excluding carboxylic acids is 1. The van der Waals surface area contributed by atoms with Crippen LogP contribution in [0.15, 0.2) is 12.1 Å². The number of aromatic amines is 1. The highest BCUT2D eigenvalue weighted by Crippen LogP contribution is 2.34. The lowest BCUT2D eigenvalue weighted by Gasteiger charge is -2.24. The lowest BCUT2D eigenvalue weighted by Crippen LogP contribution is -2.34.